The minimum Gasteiger partial charge on any atom is -0.423 e. The van der Waals surface area contributed by atoms with Crippen molar-refractivity contribution in [2.75, 3.05) is 13.1 Å². The summed E-state index contributed by atoms with van der Waals surface area (Å²) in [7, 11) is -1.37. The van der Waals surface area contributed by atoms with Crippen LogP contribution in [0.5, 0.6) is 0 Å². The average Bonchev–Trinajstić information content (AvgIpc) is 2.26. The van der Waals surface area contributed by atoms with Gasteiger partial charge in [0.25, 0.3) is 0 Å². The van der Waals surface area contributed by atoms with Gasteiger partial charge < -0.3 is 10.0 Å². The Balaban J connectivity index is 2.63. The smallest absolute Gasteiger partial charge is 0.423 e. The first-order valence-corrected chi connectivity index (χ1v) is 5.34. The van der Waals surface area contributed by atoms with E-state index in [1.807, 2.05) is 12.1 Å². The Labute approximate surface area is 91.5 Å². The molecular formula is C11H18BNO2. The van der Waals surface area contributed by atoms with Crippen LogP contribution in [0.25, 0.3) is 0 Å². The van der Waals surface area contributed by atoms with Gasteiger partial charge in [-0.25, -0.2) is 0 Å². The fraction of sp³-hybridized carbons (Fsp3) is 0.455. The molecule has 0 bridgehead atoms. The molecule has 0 radical (unpaired) electrons. The van der Waals surface area contributed by atoms with Crippen LogP contribution in [0.3, 0.4) is 0 Å². The molecule has 0 spiro atoms. The van der Waals surface area contributed by atoms with Gasteiger partial charge in [-0.2, -0.15) is 0 Å². The third-order valence-corrected chi connectivity index (χ3v) is 2.58. The number of hydrogen-bond donors (Lipinski definition) is 2. The summed E-state index contributed by atoms with van der Waals surface area (Å²) in [6.45, 7) is 7.24. The van der Waals surface area contributed by atoms with E-state index in [0.717, 1.165) is 19.6 Å². The molecule has 0 saturated heterocycles. The van der Waals surface area contributed by atoms with Crippen LogP contribution in [0.2, 0.25) is 0 Å². The highest BCUT2D eigenvalue weighted by Gasteiger charge is 2.10. The molecule has 0 aliphatic carbocycles. The van der Waals surface area contributed by atoms with Gasteiger partial charge in [0.15, 0.2) is 0 Å². The molecule has 0 aromatic heterocycles. The van der Waals surface area contributed by atoms with Gasteiger partial charge in [0.2, 0.25) is 0 Å². The van der Waals surface area contributed by atoms with E-state index in [4.69, 9.17) is 10.0 Å². The minimum absolute atomic E-state index is 0.540. The molecule has 0 saturated carbocycles. The number of rotatable bonds is 5. The third kappa shape index (κ3) is 3.66. The fourth-order valence-corrected chi connectivity index (χ4v) is 1.50. The van der Waals surface area contributed by atoms with Gasteiger partial charge >= 0.3 is 7.12 Å². The SMILES string of the molecule is CCN(CC)Cc1ccc(B(O)O)cc1. The molecule has 1 rings (SSSR count). The van der Waals surface area contributed by atoms with Crippen molar-refractivity contribution in [1.82, 2.24) is 4.90 Å². The lowest BCUT2D eigenvalue weighted by atomic mass is 9.80. The molecule has 1 aromatic rings. The highest BCUT2D eigenvalue weighted by Crippen LogP contribution is 2.02. The first kappa shape index (κ1) is 12.2. The Bertz CT molecular complexity index is 283. The average molecular weight is 207 g/mol. The molecule has 0 aliphatic rings. The molecule has 1 aromatic carbocycles. The first-order valence-electron chi connectivity index (χ1n) is 5.34. The van der Waals surface area contributed by atoms with E-state index < -0.39 is 7.12 Å². The predicted molar refractivity (Wildman–Crippen MR) is 62.9 cm³/mol. The van der Waals surface area contributed by atoms with Crippen molar-refractivity contribution in [3.8, 4) is 0 Å². The zero-order valence-corrected chi connectivity index (χ0v) is 9.35. The summed E-state index contributed by atoms with van der Waals surface area (Å²) < 4.78 is 0. The van der Waals surface area contributed by atoms with Gasteiger partial charge in [0, 0.05) is 6.54 Å². The maximum atomic E-state index is 8.93. The lowest BCUT2D eigenvalue weighted by Gasteiger charge is -2.17. The van der Waals surface area contributed by atoms with Gasteiger partial charge in [-0.15, -0.1) is 0 Å². The summed E-state index contributed by atoms with van der Waals surface area (Å²) in [5.41, 5.74) is 1.74. The molecular weight excluding hydrogens is 189 g/mol. The normalized spacial score (nSPS) is 10.7. The molecule has 0 unspecified atom stereocenters. The molecule has 4 heteroatoms. The van der Waals surface area contributed by atoms with Crippen molar-refractivity contribution in [1.29, 1.82) is 0 Å². The van der Waals surface area contributed by atoms with Crippen molar-refractivity contribution < 1.29 is 10.0 Å². The van der Waals surface area contributed by atoms with Gasteiger partial charge in [0.1, 0.15) is 0 Å². The van der Waals surface area contributed by atoms with E-state index in [1.165, 1.54) is 5.56 Å². The van der Waals surface area contributed by atoms with E-state index in [1.54, 1.807) is 12.1 Å². The van der Waals surface area contributed by atoms with Gasteiger partial charge in [0.05, 0.1) is 0 Å². The van der Waals surface area contributed by atoms with Crippen LogP contribution < -0.4 is 5.46 Å². The Morgan fingerprint density at radius 3 is 2.00 bits per heavy atom. The van der Waals surface area contributed by atoms with Gasteiger partial charge in [-0.05, 0) is 24.1 Å². The maximum absolute atomic E-state index is 8.93. The van der Waals surface area contributed by atoms with Crippen LogP contribution in [0, 0.1) is 0 Å². The fourth-order valence-electron chi connectivity index (χ4n) is 1.50. The Hall–Kier alpha value is -0.835. The summed E-state index contributed by atoms with van der Waals surface area (Å²) in [5.74, 6) is 0. The van der Waals surface area contributed by atoms with Crippen molar-refractivity contribution in [2.24, 2.45) is 0 Å². The van der Waals surface area contributed by atoms with Crippen molar-refractivity contribution in [3.63, 3.8) is 0 Å². The second-order valence-corrected chi connectivity index (χ2v) is 3.58. The Morgan fingerprint density at radius 1 is 1.07 bits per heavy atom. The molecule has 0 fully saturated rings. The standard InChI is InChI=1S/C11H18BNO2/c1-3-13(4-2)9-10-5-7-11(8-6-10)12(14)15/h5-8,14-15H,3-4,9H2,1-2H3. The Morgan fingerprint density at radius 2 is 1.60 bits per heavy atom. The molecule has 2 N–H and O–H groups in total. The van der Waals surface area contributed by atoms with Crippen LogP contribution in [-0.2, 0) is 6.54 Å². The van der Waals surface area contributed by atoms with Crippen LogP contribution in [-0.4, -0.2) is 35.2 Å². The highest BCUT2D eigenvalue weighted by molar-refractivity contribution is 6.58. The summed E-state index contributed by atoms with van der Waals surface area (Å²) in [6.07, 6.45) is 0. The van der Waals surface area contributed by atoms with Crippen LogP contribution in [0.15, 0.2) is 24.3 Å². The largest absolute Gasteiger partial charge is 0.488 e. The van der Waals surface area contributed by atoms with Gasteiger partial charge in [-0.1, -0.05) is 38.1 Å². The zero-order chi connectivity index (χ0) is 11.3. The van der Waals surface area contributed by atoms with Crippen LogP contribution in [0.1, 0.15) is 19.4 Å². The van der Waals surface area contributed by atoms with Crippen LogP contribution >= 0.6 is 0 Å². The summed E-state index contributed by atoms with van der Waals surface area (Å²) in [4.78, 5) is 2.31. The summed E-state index contributed by atoms with van der Waals surface area (Å²) >= 11 is 0. The molecule has 0 heterocycles. The second kappa shape index (κ2) is 5.90. The predicted octanol–water partition coefficient (Wildman–Crippen LogP) is 0.208. The van der Waals surface area contributed by atoms with E-state index in [-0.39, 0.29) is 0 Å². The third-order valence-electron chi connectivity index (χ3n) is 2.58. The number of benzene rings is 1. The second-order valence-electron chi connectivity index (χ2n) is 3.58. The molecule has 15 heavy (non-hydrogen) atoms. The molecule has 82 valence electrons. The van der Waals surface area contributed by atoms with Crippen molar-refractivity contribution in [3.05, 3.63) is 29.8 Å². The molecule has 0 amide bonds. The van der Waals surface area contributed by atoms with Gasteiger partial charge in [-0.3, -0.25) is 4.90 Å². The van der Waals surface area contributed by atoms with E-state index in [0.29, 0.717) is 5.46 Å². The lowest BCUT2D eigenvalue weighted by molar-refractivity contribution is 0.296. The number of hydrogen-bond acceptors (Lipinski definition) is 3. The van der Waals surface area contributed by atoms with Crippen LogP contribution in [0.4, 0.5) is 0 Å². The monoisotopic (exact) mass is 207 g/mol. The summed E-state index contributed by atoms with van der Waals surface area (Å²) in [5, 5.41) is 17.9. The topological polar surface area (TPSA) is 43.7 Å². The van der Waals surface area contributed by atoms with Crippen molar-refractivity contribution >= 4 is 12.6 Å². The van der Waals surface area contributed by atoms with E-state index in [9.17, 15) is 0 Å². The van der Waals surface area contributed by atoms with E-state index >= 15 is 0 Å². The molecule has 0 aliphatic heterocycles. The maximum Gasteiger partial charge on any atom is 0.488 e. The lowest BCUT2D eigenvalue weighted by Crippen LogP contribution is -2.29. The molecule has 3 nitrogen and oxygen atoms in total. The Kier molecular flexibility index (Phi) is 4.82. The molecule has 0 atom stereocenters. The summed E-state index contributed by atoms with van der Waals surface area (Å²) in [6, 6.07) is 7.38. The quantitative estimate of drug-likeness (QED) is 0.678. The highest BCUT2D eigenvalue weighted by atomic mass is 16.4. The van der Waals surface area contributed by atoms with Crippen molar-refractivity contribution in [2.45, 2.75) is 20.4 Å². The minimum atomic E-state index is -1.37. The number of nitrogens with zero attached hydrogens (tertiary/aromatic N) is 1. The zero-order valence-electron chi connectivity index (χ0n) is 9.35. The van der Waals surface area contributed by atoms with E-state index in [2.05, 4.69) is 18.7 Å². The first-order chi connectivity index (χ1) is 7.17.